The summed E-state index contributed by atoms with van der Waals surface area (Å²) >= 11 is 3.43. The second-order valence-corrected chi connectivity index (χ2v) is 6.88. The Kier molecular flexibility index (Phi) is 5.82. The number of carbonyl (C=O) groups excluding carboxylic acids is 1. The van der Waals surface area contributed by atoms with Gasteiger partial charge < -0.3 is 10.4 Å². The van der Waals surface area contributed by atoms with Crippen LogP contribution in [0.3, 0.4) is 0 Å². The smallest absolute Gasteiger partial charge is 0.230 e. The highest BCUT2D eigenvalue weighted by atomic mass is 79.9. The Balaban J connectivity index is 1.94. The number of benzene rings is 1. The number of halogens is 1. The van der Waals surface area contributed by atoms with Crippen molar-refractivity contribution in [2.24, 2.45) is 5.92 Å². The number of rotatable bonds is 8. The van der Waals surface area contributed by atoms with Crippen LogP contribution in [-0.2, 0) is 10.2 Å². The average Bonchev–Trinajstić information content (AvgIpc) is 3.27. The van der Waals surface area contributed by atoms with E-state index in [0.717, 1.165) is 42.1 Å². The molecule has 1 unspecified atom stereocenters. The van der Waals surface area contributed by atoms with Crippen molar-refractivity contribution in [3.05, 3.63) is 34.3 Å². The standard InChI is InChI=1S/C17H24BrNO2/c1-2-3-13(8-11-20)12-19-16(21)17(9-10-17)14-4-6-15(18)7-5-14/h4-7,13,20H,2-3,8-12H2,1H3,(H,19,21). The molecule has 0 aromatic heterocycles. The summed E-state index contributed by atoms with van der Waals surface area (Å²) in [5, 5.41) is 12.2. The SMILES string of the molecule is CCCC(CCO)CNC(=O)C1(c2ccc(Br)cc2)CC1. The number of aliphatic hydroxyl groups excluding tert-OH is 1. The maximum atomic E-state index is 12.5. The van der Waals surface area contributed by atoms with Gasteiger partial charge in [-0.15, -0.1) is 0 Å². The van der Waals surface area contributed by atoms with Crippen LogP contribution in [0.4, 0.5) is 0 Å². The molecule has 0 bridgehead atoms. The molecular weight excluding hydrogens is 330 g/mol. The minimum absolute atomic E-state index is 0.142. The fraction of sp³-hybridized carbons (Fsp3) is 0.588. The van der Waals surface area contributed by atoms with Gasteiger partial charge in [0, 0.05) is 17.6 Å². The third-order valence-corrected chi connectivity index (χ3v) is 4.90. The zero-order valence-corrected chi connectivity index (χ0v) is 14.2. The number of hydrogen-bond acceptors (Lipinski definition) is 2. The first-order valence-electron chi connectivity index (χ1n) is 7.77. The molecule has 1 aromatic carbocycles. The minimum atomic E-state index is -0.309. The topological polar surface area (TPSA) is 49.3 Å². The third-order valence-electron chi connectivity index (χ3n) is 4.37. The van der Waals surface area contributed by atoms with Gasteiger partial charge in [-0.05, 0) is 49.3 Å². The monoisotopic (exact) mass is 353 g/mol. The van der Waals surface area contributed by atoms with Gasteiger partial charge in [0.2, 0.25) is 5.91 Å². The first-order chi connectivity index (χ1) is 10.1. The maximum Gasteiger partial charge on any atom is 0.230 e. The highest BCUT2D eigenvalue weighted by molar-refractivity contribution is 9.10. The average molecular weight is 354 g/mol. The molecular formula is C17H24BrNO2. The second-order valence-electron chi connectivity index (χ2n) is 5.97. The summed E-state index contributed by atoms with van der Waals surface area (Å²) in [5.41, 5.74) is 0.800. The van der Waals surface area contributed by atoms with E-state index < -0.39 is 0 Å². The predicted molar refractivity (Wildman–Crippen MR) is 88.2 cm³/mol. The lowest BCUT2D eigenvalue weighted by atomic mass is 9.94. The summed E-state index contributed by atoms with van der Waals surface area (Å²) in [6.45, 7) is 3.00. The van der Waals surface area contributed by atoms with Gasteiger partial charge in [-0.25, -0.2) is 0 Å². The van der Waals surface area contributed by atoms with E-state index in [1.165, 1.54) is 0 Å². The van der Waals surface area contributed by atoms with Gasteiger partial charge in [0.05, 0.1) is 5.41 Å². The lowest BCUT2D eigenvalue weighted by Crippen LogP contribution is -2.37. The number of amides is 1. The Hall–Kier alpha value is -0.870. The van der Waals surface area contributed by atoms with Gasteiger partial charge in [-0.2, -0.15) is 0 Å². The van der Waals surface area contributed by atoms with Crippen molar-refractivity contribution in [1.82, 2.24) is 5.32 Å². The van der Waals surface area contributed by atoms with Crippen molar-refractivity contribution in [1.29, 1.82) is 0 Å². The van der Waals surface area contributed by atoms with E-state index in [4.69, 9.17) is 5.11 Å². The van der Waals surface area contributed by atoms with Gasteiger partial charge in [-0.1, -0.05) is 41.4 Å². The Morgan fingerprint density at radius 3 is 2.52 bits per heavy atom. The van der Waals surface area contributed by atoms with E-state index >= 15 is 0 Å². The van der Waals surface area contributed by atoms with Crippen molar-refractivity contribution in [3.63, 3.8) is 0 Å². The Morgan fingerprint density at radius 1 is 1.33 bits per heavy atom. The van der Waals surface area contributed by atoms with Crippen molar-refractivity contribution in [2.75, 3.05) is 13.2 Å². The molecule has 0 aliphatic heterocycles. The molecule has 1 fully saturated rings. The summed E-state index contributed by atoms with van der Waals surface area (Å²) in [7, 11) is 0. The van der Waals surface area contributed by atoms with E-state index in [-0.39, 0.29) is 17.9 Å². The van der Waals surface area contributed by atoms with Crippen LogP contribution < -0.4 is 5.32 Å². The molecule has 1 saturated carbocycles. The number of carbonyl (C=O) groups is 1. The molecule has 0 saturated heterocycles. The molecule has 2 N–H and O–H groups in total. The highest BCUT2D eigenvalue weighted by Crippen LogP contribution is 2.48. The number of nitrogens with one attached hydrogen (secondary N) is 1. The summed E-state index contributed by atoms with van der Waals surface area (Å²) in [6, 6.07) is 8.06. The Bertz CT molecular complexity index is 462. The van der Waals surface area contributed by atoms with Gasteiger partial charge >= 0.3 is 0 Å². The Morgan fingerprint density at radius 2 is 2.00 bits per heavy atom. The quantitative estimate of drug-likeness (QED) is 0.752. The van der Waals surface area contributed by atoms with E-state index in [2.05, 4.69) is 28.2 Å². The fourth-order valence-corrected chi connectivity index (χ4v) is 3.15. The molecule has 0 spiro atoms. The van der Waals surface area contributed by atoms with Crippen LogP contribution in [-0.4, -0.2) is 24.2 Å². The van der Waals surface area contributed by atoms with E-state index in [0.29, 0.717) is 12.5 Å². The first-order valence-corrected chi connectivity index (χ1v) is 8.57. The predicted octanol–water partition coefficient (Wildman–Crippen LogP) is 3.40. The van der Waals surface area contributed by atoms with Crippen LogP contribution in [0.15, 0.2) is 28.7 Å². The Labute approximate surface area is 135 Å². The number of aliphatic hydroxyl groups is 1. The minimum Gasteiger partial charge on any atom is -0.396 e. The zero-order chi connectivity index (χ0) is 15.3. The lowest BCUT2D eigenvalue weighted by molar-refractivity contribution is -0.123. The molecule has 0 radical (unpaired) electrons. The molecule has 4 heteroatoms. The van der Waals surface area contributed by atoms with Crippen LogP contribution in [0.2, 0.25) is 0 Å². The summed E-state index contributed by atoms with van der Waals surface area (Å²) < 4.78 is 1.04. The van der Waals surface area contributed by atoms with Crippen LogP contribution in [0.1, 0.15) is 44.6 Å². The molecule has 1 atom stereocenters. The van der Waals surface area contributed by atoms with Gasteiger partial charge in [0.15, 0.2) is 0 Å². The molecule has 1 aliphatic rings. The summed E-state index contributed by atoms with van der Waals surface area (Å²) in [6.07, 6.45) is 4.75. The first kappa shape index (κ1) is 16.5. The van der Waals surface area contributed by atoms with Crippen LogP contribution in [0.25, 0.3) is 0 Å². The number of hydrogen-bond donors (Lipinski definition) is 2. The lowest BCUT2D eigenvalue weighted by Gasteiger charge is -2.20. The van der Waals surface area contributed by atoms with Crippen LogP contribution in [0.5, 0.6) is 0 Å². The summed E-state index contributed by atoms with van der Waals surface area (Å²) in [4.78, 5) is 12.5. The molecule has 2 rings (SSSR count). The third kappa shape index (κ3) is 4.07. The van der Waals surface area contributed by atoms with Crippen molar-refractivity contribution in [2.45, 2.75) is 44.4 Å². The van der Waals surface area contributed by atoms with Crippen molar-refractivity contribution < 1.29 is 9.90 Å². The molecule has 0 heterocycles. The van der Waals surface area contributed by atoms with Crippen molar-refractivity contribution >= 4 is 21.8 Å². The molecule has 1 aliphatic carbocycles. The molecule has 3 nitrogen and oxygen atoms in total. The second kappa shape index (κ2) is 7.41. The van der Waals surface area contributed by atoms with E-state index in [1.807, 2.05) is 24.3 Å². The molecule has 1 aromatic rings. The van der Waals surface area contributed by atoms with E-state index in [1.54, 1.807) is 0 Å². The van der Waals surface area contributed by atoms with Crippen LogP contribution in [0, 0.1) is 5.92 Å². The van der Waals surface area contributed by atoms with Gasteiger partial charge in [0.1, 0.15) is 0 Å². The largest absolute Gasteiger partial charge is 0.396 e. The maximum absolute atomic E-state index is 12.5. The van der Waals surface area contributed by atoms with Gasteiger partial charge in [-0.3, -0.25) is 4.79 Å². The van der Waals surface area contributed by atoms with Gasteiger partial charge in [0.25, 0.3) is 0 Å². The normalized spacial score (nSPS) is 17.3. The molecule has 1 amide bonds. The van der Waals surface area contributed by atoms with E-state index in [9.17, 15) is 4.79 Å². The molecule has 116 valence electrons. The van der Waals surface area contributed by atoms with Crippen LogP contribution >= 0.6 is 15.9 Å². The van der Waals surface area contributed by atoms with Crippen molar-refractivity contribution in [3.8, 4) is 0 Å². The summed E-state index contributed by atoms with van der Waals surface area (Å²) in [5.74, 6) is 0.522. The highest BCUT2D eigenvalue weighted by Gasteiger charge is 2.51. The fourth-order valence-electron chi connectivity index (χ4n) is 2.89. The zero-order valence-electron chi connectivity index (χ0n) is 12.6. The molecule has 21 heavy (non-hydrogen) atoms.